The first-order chi connectivity index (χ1) is 29.6. The highest BCUT2D eigenvalue weighted by Gasteiger charge is 2.36. The largest absolute Gasteiger partial charge is 0.309 e. The van der Waals surface area contributed by atoms with E-state index in [0.717, 1.165) is 67.3 Å². The number of hydrogen-bond donors (Lipinski definition) is 0. The summed E-state index contributed by atoms with van der Waals surface area (Å²) in [7, 11) is -3.03. The standard InChI is InChI=1S/C55H44N3OP/c59-60(47-20-7-2-8-21-47,48-22-9-3-10-23-48)49-36-30-41(31-37-49)40-26-32-45(33-27-40)55(38-13-4-14-39-55)46-34-28-44(29-35-46)53-56-52(43-17-5-1-6-18-43)57-54(58-53)51-25-15-19-42-16-11-12-24-50(42)51/h1-3,5-12,15-37H,4,13-14,38-39H2. The quantitative estimate of drug-likeness (QED) is 0.137. The van der Waals surface area contributed by atoms with Gasteiger partial charge in [0.25, 0.3) is 0 Å². The van der Waals surface area contributed by atoms with Gasteiger partial charge in [0.05, 0.1) is 0 Å². The third-order valence-electron chi connectivity index (χ3n) is 12.3. The van der Waals surface area contributed by atoms with Crippen LogP contribution in [0.2, 0.25) is 0 Å². The van der Waals surface area contributed by atoms with Crippen molar-refractivity contribution in [1.82, 2.24) is 15.0 Å². The Labute approximate surface area is 352 Å². The zero-order chi connectivity index (χ0) is 40.4. The third kappa shape index (κ3) is 6.97. The van der Waals surface area contributed by atoms with Crippen molar-refractivity contribution in [2.45, 2.75) is 37.5 Å². The van der Waals surface area contributed by atoms with Gasteiger partial charge >= 0.3 is 0 Å². The van der Waals surface area contributed by atoms with Gasteiger partial charge in [-0.2, -0.15) is 0 Å². The second-order valence-electron chi connectivity index (χ2n) is 15.8. The Balaban J connectivity index is 0.972. The Morgan fingerprint density at radius 2 is 0.800 bits per heavy atom. The molecule has 0 aliphatic heterocycles. The number of aromatic nitrogens is 3. The molecule has 1 heterocycles. The van der Waals surface area contributed by atoms with Gasteiger partial charge < -0.3 is 4.57 Å². The first-order valence-corrected chi connectivity index (χ1v) is 22.6. The van der Waals surface area contributed by atoms with Crippen LogP contribution in [0.3, 0.4) is 0 Å². The number of benzene rings is 8. The molecule has 60 heavy (non-hydrogen) atoms. The van der Waals surface area contributed by atoms with Crippen molar-refractivity contribution in [2.24, 2.45) is 0 Å². The fourth-order valence-electron chi connectivity index (χ4n) is 9.17. The van der Waals surface area contributed by atoms with E-state index in [1.807, 2.05) is 78.9 Å². The molecule has 0 unspecified atom stereocenters. The van der Waals surface area contributed by atoms with Crippen LogP contribution in [0.4, 0.5) is 0 Å². The van der Waals surface area contributed by atoms with Crippen LogP contribution in [0.5, 0.6) is 0 Å². The Hall–Kier alpha value is -6.74. The van der Waals surface area contributed by atoms with Gasteiger partial charge in [-0.3, -0.25) is 0 Å². The Kier molecular flexibility index (Phi) is 10.1. The third-order valence-corrected chi connectivity index (χ3v) is 15.4. The van der Waals surface area contributed by atoms with Crippen LogP contribution in [-0.2, 0) is 9.98 Å². The predicted molar refractivity (Wildman–Crippen MR) is 249 cm³/mol. The molecule has 0 amide bonds. The maximum absolute atomic E-state index is 14.9. The zero-order valence-electron chi connectivity index (χ0n) is 33.4. The van der Waals surface area contributed by atoms with E-state index in [0.29, 0.717) is 17.5 Å². The molecule has 0 bridgehead atoms. The number of hydrogen-bond acceptors (Lipinski definition) is 4. The molecule has 1 aromatic heterocycles. The summed E-state index contributed by atoms with van der Waals surface area (Å²) in [5.74, 6) is 1.99. The molecule has 0 atom stereocenters. The van der Waals surface area contributed by atoms with E-state index in [-0.39, 0.29) is 5.41 Å². The SMILES string of the molecule is O=P(c1ccccc1)(c1ccccc1)c1ccc(-c2ccc(C3(c4ccc(-c5nc(-c6ccccc6)nc(-c6cccc7ccccc67)n5)cc4)CCCCC3)cc2)cc1. The van der Waals surface area contributed by atoms with Crippen LogP contribution in [-0.4, -0.2) is 15.0 Å². The predicted octanol–water partition coefficient (Wildman–Crippen LogP) is 12.6. The normalized spacial score (nSPS) is 13.9. The molecule has 0 saturated heterocycles. The Bertz CT molecular complexity index is 2900. The van der Waals surface area contributed by atoms with Crippen LogP contribution >= 0.6 is 7.14 Å². The van der Waals surface area contributed by atoms with Gasteiger partial charge in [0, 0.05) is 38.0 Å². The molecule has 0 spiro atoms. The zero-order valence-corrected chi connectivity index (χ0v) is 34.3. The molecular formula is C55H44N3OP. The molecule has 9 aromatic rings. The van der Waals surface area contributed by atoms with Crippen LogP contribution in [0.15, 0.2) is 206 Å². The van der Waals surface area contributed by atoms with Crippen molar-refractivity contribution < 1.29 is 4.57 Å². The minimum absolute atomic E-state index is 0.0837. The van der Waals surface area contributed by atoms with Gasteiger partial charge in [0.15, 0.2) is 24.6 Å². The van der Waals surface area contributed by atoms with Crippen LogP contribution < -0.4 is 15.9 Å². The van der Waals surface area contributed by atoms with E-state index in [1.54, 1.807) is 0 Å². The average molecular weight is 794 g/mol. The lowest BCUT2D eigenvalue weighted by molar-refractivity contribution is 0.346. The summed E-state index contributed by atoms with van der Waals surface area (Å²) >= 11 is 0. The first-order valence-electron chi connectivity index (χ1n) is 20.9. The smallest absolute Gasteiger partial charge is 0.171 e. The van der Waals surface area contributed by atoms with Crippen molar-refractivity contribution in [3.8, 4) is 45.3 Å². The van der Waals surface area contributed by atoms with Crippen molar-refractivity contribution in [3.05, 3.63) is 217 Å². The lowest BCUT2D eigenvalue weighted by Gasteiger charge is -2.39. The van der Waals surface area contributed by atoms with E-state index in [2.05, 4.69) is 127 Å². The van der Waals surface area contributed by atoms with E-state index >= 15 is 0 Å². The van der Waals surface area contributed by atoms with Crippen molar-refractivity contribution in [2.75, 3.05) is 0 Å². The summed E-state index contributed by atoms with van der Waals surface area (Å²) in [6, 6.07) is 71.1. The fraction of sp³-hybridized carbons (Fsp3) is 0.109. The van der Waals surface area contributed by atoms with E-state index in [9.17, 15) is 4.57 Å². The highest BCUT2D eigenvalue weighted by Crippen LogP contribution is 2.46. The van der Waals surface area contributed by atoms with E-state index in [1.165, 1.54) is 30.4 Å². The van der Waals surface area contributed by atoms with E-state index < -0.39 is 7.14 Å². The monoisotopic (exact) mass is 793 g/mol. The lowest BCUT2D eigenvalue weighted by Crippen LogP contribution is -2.30. The lowest BCUT2D eigenvalue weighted by atomic mass is 9.65. The molecule has 8 aromatic carbocycles. The Morgan fingerprint density at radius 3 is 1.38 bits per heavy atom. The maximum Gasteiger partial charge on any atom is 0.171 e. The summed E-state index contributed by atoms with van der Waals surface area (Å²) in [6.45, 7) is 0. The molecule has 1 fully saturated rings. The molecule has 1 saturated carbocycles. The summed E-state index contributed by atoms with van der Waals surface area (Å²) in [5.41, 5.74) is 7.75. The van der Waals surface area contributed by atoms with Crippen molar-refractivity contribution >= 4 is 33.8 Å². The molecule has 0 radical (unpaired) electrons. The van der Waals surface area contributed by atoms with Gasteiger partial charge in [0.1, 0.15) is 0 Å². The molecule has 0 N–H and O–H groups in total. The van der Waals surface area contributed by atoms with Gasteiger partial charge in [-0.25, -0.2) is 15.0 Å². The Morgan fingerprint density at radius 1 is 0.367 bits per heavy atom. The molecule has 290 valence electrons. The second kappa shape index (κ2) is 16.1. The van der Waals surface area contributed by atoms with Gasteiger partial charge in [-0.05, 0) is 45.9 Å². The van der Waals surface area contributed by atoms with Crippen LogP contribution in [0.1, 0.15) is 43.2 Å². The highest BCUT2D eigenvalue weighted by molar-refractivity contribution is 7.85. The molecule has 5 heteroatoms. The van der Waals surface area contributed by atoms with Gasteiger partial charge in [0.2, 0.25) is 0 Å². The van der Waals surface area contributed by atoms with Crippen molar-refractivity contribution in [1.29, 1.82) is 0 Å². The summed E-state index contributed by atoms with van der Waals surface area (Å²) in [5, 5.41) is 4.79. The summed E-state index contributed by atoms with van der Waals surface area (Å²) in [4.78, 5) is 15.2. The van der Waals surface area contributed by atoms with E-state index in [4.69, 9.17) is 15.0 Å². The first kappa shape index (κ1) is 37.5. The summed E-state index contributed by atoms with van der Waals surface area (Å²) in [6.07, 6.45) is 5.84. The van der Waals surface area contributed by atoms with Gasteiger partial charge in [-0.1, -0.05) is 226 Å². The van der Waals surface area contributed by atoms with Crippen molar-refractivity contribution in [3.63, 3.8) is 0 Å². The van der Waals surface area contributed by atoms with Gasteiger partial charge in [-0.15, -0.1) is 0 Å². The number of nitrogens with zero attached hydrogens (tertiary/aromatic N) is 3. The maximum atomic E-state index is 14.9. The fourth-order valence-corrected chi connectivity index (χ4v) is 11.8. The topological polar surface area (TPSA) is 55.7 Å². The minimum atomic E-state index is -3.03. The molecular weight excluding hydrogens is 750 g/mol. The average Bonchev–Trinajstić information content (AvgIpc) is 3.34. The second-order valence-corrected chi connectivity index (χ2v) is 18.6. The highest BCUT2D eigenvalue weighted by atomic mass is 31.2. The molecule has 10 rings (SSSR count). The molecule has 1 aliphatic rings. The van der Waals surface area contributed by atoms with Crippen LogP contribution in [0, 0.1) is 0 Å². The minimum Gasteiger partial charge on any atom is -0.309 e. The molecule has 4 nitrogen and oxygen atoms in total. The number of fused-ring (bicyclic) bond motifs is 1. The number of rotatable bonds is 9. The summed E-state index contributed by atoms with van der Waals surface area (Å²) < 4.78 is 14.9. The molecule has 1 aliphatic carbocycles. The van der Waals surface area contributed by atoms with Crippen LogP contribution in [0.25, 0.3) is 56.1 Å².